The van der Waals surface area contributed by atoms with Gasteiger partial charge < -0.3 is 0 Å². The van der Waals surface area contributed by atoms with Crippen molar-refractivity contribution in [2.75, 3.05) is 0 Å². The first-order chi connectivity index (χ1) is 8.40. The normalized spacial score (nSPS) is 10.1. The number of hydrogen-bond donors (Lipinski definition) is 0. The molecule has 1 heterocycles. The number of tetrazole rings is 1. The summed E-state index contributed by atoms with van der Waals surface area (Å²) < 4.78 is 1.77. The smallest absolute Gasteiger partial charge is 0.155 e. The van der Waals surface area contributed by atoms with Crippen LogP contribution >= 0.6 is 0 Å². The molecule has 1 aromatic heterocycles. The summed E-state index contributed by atoms with van der Waals surface area (Å²) in [5, 5.41) is 20.1. The van der Waals surface area contributed by atoms with Crippen LogP contribution in [0.2, 0.25) is 0 Å². The molecule has 5 nitrogen and oxygen atoms in total. The highest BCUT2D eigenvalue weighted by atomic mass is 15.5. The number of aromatic nitrogens is 4. The van der Waals surface area contributed by atoms with Crippen LogP contribution in [0.5, 0.6) is 0 Å². The van der Waals surface area contributed by atoms with Crippen molar-refractivity contribution < 1.29 is 0 Å². The van der Waals surface area contributed by atoms with E-state index in [1.807, 2.05) is 30.3 Å². The first-order valence-electron chi connectivity index (χ1n) is 5.56. The predicted octanol–water partition coefficient (Wildman–Crippen LogP) is 1.57. The minimum atomic E-state index is 0.532. The third-order valence-electron chi connectivity index (χ3n) is 2.47. The van der Waals surface area contributed by atoms with Crippen molar-refractivity contribution >= 4 is 0 Å². The van der Waals surface area contributed by atoms with E-state index in [9.17, 15) is 0 Å². The molecule has 1 aromatic carbocycles. The third kappa shape index (κ3) is 3.11. The first kappa shape index (κ1) is 11.3. The van der Waals surface area contributed by atoms with Crippen LogP contribution in [0.25, 0.3) is 0 Å². The van der Waals surface area contributed by atoms with Gasteiger partial charge in [0.25, 0.3) is 0 Å². The number of unbranched alkanes of at least 4 members (excludes halogenated alkanes) is 1. The minimum Gasteiger partial charge on any atom is -0.229 e. The Bertz CT molecular complexity index is 497. The molecule has 0 saturated carbocycles. The number of benzene rings is 1. The highest BCUT2D eigenvalue weighted by Crippen LogP contribution is 2.06. The van der Waals surface area contributed by atoms with Gasteiger partial charge in [-0.1, -0.05) is 30.3 Å². The predicted molar refractivity (Wildman–Crippen MR) is 61.9 cm³/mol. The maximum absolute atomic E-state index is 8.49. The van der Waals surface area contributed by atoms with E-state index >= 15 is 0 Å². The van der Waals surface area contributed by atoms with Crippen molar-refractivity contribution in [1.82, 2.24) is 20.2 Å². The molecular weight excluding hydrogens is 214 g/mol. The minimum absolute atomic E-state index is 0.532. The molecule has 0 unspecified atom stereocenters. The molecule has 0 aliphatic heterocycles. The lowest BCUT2D eigenvalue weighted by Crippen LogP contribution is -2.06. The Hall–Kier alpha value is -2.22. The zero-order chi connectivity index (χ0) is 11.9. The molecule has 0 fully saturated rings. The fraction of sp³-hybridized carbons (Fsp3) is 0.333. The fourth-order valence-corrected chi connectivity index (χ4v) is 1.61. The van der Waals surface area contributed by atoms with E-state index in [4.69, 9.17) is 5.26 Å². The zero-order valence-electron chi connectivity index (χ0n) is 9.45. The molecular formula is C12H13N5. The summed E-state index contributed by atoms with van der Waals surface area (Å²) in [6, 6.07) is 12.2. The van der Waals surface area contributed by atoms with Crippen LogP contribution in [0.3, 0.4) is 0 Å². The molecule has 0 saturated heterocycles. The summed E-state index contributed by atoms with van der Waals surface area (Å²) >= 11 is 0. The second-order valence-corrected chi connectivity index (χ2v) is 3.74. The Morgan fingerprint density at radius 2 is 2.06 bits per heavy atom. The SMILES string of the molecule is N#CCCCn1nnnc1Cc1ccccc1. The van der Waals surface area contributed by atoms with Crippen LogP contribution in [0.1, 0.15) is 24.2 Å². The van der Waals surface area contributed by atoms with E-state index in [1.165, 1.54) is 5.56 Å². The molecule has 0 bridgehead atoms. The lowest BCUT2D eigenvalue weighted by atomic mass is 10.1. The Morgan fingerprint density at radius 3 is 2.82 bits per heavy atom. The van der Waals surface area contributed by atoms with Gasteiger partial charge >= 0.3 is 0 Å². The van der Waals surface area contributed by atoms with E-state index in [0.717, 1.165) is 18.7 Å². The Labute approximate surface area is 99.7 Å². The monoisotopic (exact) mass is 227 g/mol. The molecule has 0 N–H and O–H groups in total. The van der Waals surface area contributed by atoms with Crippen LogP contribution in [0.4, 0.5) is 0 Å². The topological polar surface area (TPSA) is 67.4 Å². The molecule has 0 atom stereocenters. The van der Waals surface area contributed by atoms with E-state index in [-0.39, 0.29) is 0 Å². The van der Waals surface area contributed by atoms with Gasteiger partial charge in [0.15, 0.2) is 5.82 Å². The highest BCUT2D eigenvalue weighted by Gasteiger charge is 2.06. The summed E-state index contributed by atoms with van der Waals surface area (Å²) in [6.45, 7) is 0.697. The Kier molecular flexibility index (Phi) is 3.81. The van der Waals surface area contributed by atoms with Crippen LogP contribution < -0.4 is 0 Å². The fourth-order valence-electron chi connectivity index (χ4n) is 1.61. The van der Waals surface area contributed by atoms with Crippen molar-refractivity contribution in [3.8, 4) is 6.07 Å². The average molecular weight is 227 g/mol. The first-order valence-corrected chi connectivity index (χ1v) is 5.56. The number of aryl methyl sites for hydroxylation is 1. The summed E-state index contributed by atoms with van der Waals surface area (Å²) in [5.74, 6) is 0.842. The summed E-state index contributed by atoms with van der Waals surface area (Å²) in [4.78, 5) is 0. The van der Waals surface area contributed by atoms with Gasteiger partial charge in [0.1, 0.15) is 0 Å². The Balaban J connectivity index is 2.02. The number of rotatable bonds is 5. The molecule has 2 rings (SSSR count). The van der Waals surface area contributed by atoms with E-state index in [1.54, 1.807) is 4.68 Å². The largest absolute Gasteiger partial charge is 0.229 e. The second-order valence-electron chi connectivity index (χ2n) is 3.74. The summed E-state index contributed by atoms with van der Waals surface area (Å²) in [7, 11) is 0. The van der Waals surface area contributed by atoms with Crippen molar-refractivity contribution in [2.45, 2.75) is 25.8 Å². The quantitative estimate of drug-likeness (QED) is 0.727. The van der Waals surface area contributed by atoms with Crippen molar-refractivity contribution in [1.29, 1.82) is 5.26 Å². The number of nitrogens with zero attached hydrogens (tertiary/aromatic N) is 5. The van der Waals surface area contributed by atoms with Gasteiger partial charge in [-0.25, -0.2) is 4.68 Å². The van der Waals surface area contributed by atoms with E-state index < -0.39 is 0 Å². The summed E-state index contributed by atoms with van der Waals surface area (Å²) in [6.07, 6.45) is 2.04. The van der Waals surface area contributed by atoms with Gasteiger partial charge in [0.2, 0.25) is 0 Å². The molecule has 0 radical (unpaired) electrons. The standard InChI is InChI=1S/C12H13N5/c13-8-4-5-9-17-12(14-15-16-17)10-11-6-2-1-3-7-11/h1-3,6-7H,4-5,9-10H2. The lowest BCUT2D eigenvalue weighted by molar-refractivity contribution is 0.547. The van der Waals surface area contributed by atoms with E-state index in [2.05, 4.69) is 21.6 Å². The van der Waals surface area contributed by atoms with Crippen LogP contribution in [-0.4, -0.2) is 20.2 Å². The lowest BCUT2D eigenvalue weighted by Gasteiger charge is -2.02. The molecule has 0 amide bonds. The maximum Gasteiger partial charge on any atom is 0.155 e. The maximum atomic E-state index is 8.49. The van der Waals surface area contributed by atoms with Crippen LogP contribution in [0.15, 0.2) is 30.3 Å². The van der Waals surface area contributed by atoms with Crippen molar-refractivity contribution in [3.05, 3.63) is 41.7 Å². The molecule has 0 aliphatic carbocycles. The van der Waals surface area contributed by atoms with Gasteiger partial charge in [-0.2, -0.15) is 5.26 Å². The number of hydrogen-bond acceptors (Lipinski definition) is 4. The Morgan fingerprint density at radius 1 is 1.24 bits per heavy atom. The van der Waals surface area contributed by atoms with Crippen LogP contribution in [0, 0.1) is 11.3 Å². The third-order valence-corrected chi connectivity index (χ3v) is 2.47. The number of nitriles is 1. The van der Waals surface area contributed by atoms with Gasteiger partial charge in [0.05, 0.1) is 6.07 Å². The average Bonchev–Trinajstić information content (AvgIpc) is 2.79. The molecule has 0 aliphatic rings. The highest BCUT2D eigenvalue weighted by molar-refractivity contribution is 5.18. The van der Waals surface area contributed by atoms with Crippen molar-refractivity contribution in [2.24, 2.45) is 0 Å². The van der Waals surface area contributed by atoms with Gasteiger partial charge in [-0.15, -0.1) is 5.10 Å². The molecule has 2 aromatic rings. The molecule has 0 spiro atoms. The van der Waals surface area contributed by atoms with Gasteiger partial charge in [-0.05, 0) is 22.4 Å². The summed E-state index contributed by atoms with van der Waals surface area (Å²) in [5.41, 5.74) is 1.18. The molecule has 86 valence electrons. The van der Waals surface area contributed by atoms with E-state index in [0.29, 0.717) is 13.0 Å². The van der Waals surface area contributed by atoms with Gasteiger partial charge in [-0.3, -0.25) is 0 Å². The molecule has 5 heteroatoms. The van der Waals surface area contributed by atoms with Gasteiger partial charge in [0, 0.05) is 19.4 Å². The zero-order valence-corrected chi connectivity index (χ0v) is 9.45. The second kappa shape index (κ2) is 5.75. The molecule has 17 heavy (non-hydrogen) atoms. The van der Waals surface area contributed by atoms with Crippen LogP contribution in [-0.2, 0) is 13.0 Å². The van der Waals surface area contributed by atoms with Crippen molar-refractivity contribution in [3.63, 3.8) is 0 Å².